The standard InChI is InChI=1S/C12H20N2O.C11H18N2.C8H12N2/c1-4-14(7-8-15-3)11-5-6-12(13)10(2)9-11;1-4-13(5-2)10-6-7-11(12)9(3)8-10;1-10(2)8-5-3-7(9)4-6-8/h5-6,9H,4,7-8,13H2,1-3H3;6-8H,4-5,12H2,1-3H3;3-6H,9H2,1-2H3. The number of hydrogen-bond donors (Lipinski definition) is 3. The molecule has 0 saturated heterocycles. The summed E-state index contributed by atoms with van der Waals surface area (Å²) in [5.74, 6) is 0. The molecule has 0 bridgehead atoms. The third kappa shape index (κ3) is 10.8. The highest BCUT2D eigenvalue weighted by Crippen LogP contribution is 2.21. The maximum atomic E-state index is 5.79. The van der Waals surface area contributed by atoms with Crippen molar-refractivity contribution in [3.05, 3.63) is 71.8 Å². The van der Waals surface area contributed by atoms with Gasteiger partial charge in [0, 0.05) is 81.5 Å². The Labute approximate surface area is 231 Å². The van der Waals surface area contributed by atoms with Crippen LogP contribution in [0.4, 0.5) is 34.1 Å². The molecule has 0 spiro atoms. The topological polar surface area (TPSA) is 97.0 Å². The lowest BCUT2D eigenvalue weighted by molar-refractivity contribution is 0.205. The van der Waals surface area contributed by atoms with Crippen molar-refractivity contribution in [2.45, 2.75) is 34.6 Å². The van der Waals surface area contributed by atoms with E-state index in [0.717, 1.165) is 61.0 Å². The fourth-order valence-corrected chi connectivity index (χ4v) is 3.75. The van der Waals surface area contributed by atoms with E-state index in [0.29, 0.717) is 0 Å². The van der Waals surface area contributed by atoms with E-state index in [2.05, 4.69) is 54.8 Å². The Morgan fingerprint density at radius 3 is 1.42 bits per heavy atom. The van der Waals surface area contributed by atoms with E-state index >= 15 is 0 Å². The van der Waals surface area contributed by atoms with Crippen LogP contribution in [0.5, 0.6) is 0 Å². The van der Waals surface area contributed by atoms with Crippen LogP contribution in [0, 0.1) is 13.8 Å². The summed E-state index contributed by atoms with van der Waals surface area (Å²) < 4.78 is 5.08. The van der Waals surface area contributed by atoms with Gasteiger partial charge in [0.25, 0.3) is 0 Å². The third-order valence-electron chi connectivity index (χ3n) is 6.36. The molecule has 0 radical (unpaired) electrons. The molecule has 0 heterocycles. The van der Waals surface area contributed by atoms with Crippen molar-refractivity contribution >= 4 is 34.1 Å². The highest BCUT2D eigenvalue weighted by atomic mass is 16.5. The monoisotopic (exact) mass is 522 g/mol. The van der Waals surface area contributed by atoms with E-state index in [9.17, 15) is 0 Å². The fourth-order valence-electron chi connectivity index (χ4n) is 3.75. The van der Waals surface area contributed by atoms with Crippen molar-refractivity contribution in [3.8, 4) is 0 Å². The van der Waals surface area contributed by atoms with E-state index in [-0.39, 0.29) is 0 Å². The minimum absolute atomic E-state index is 0.747. The van der Waals surface area contributed by atoms with Crippen LogP contribution < -0.4 is 31.9 Å². The summed E-state index contributed by atoms with van der Waals surface area (Å²) in [6, 6.07) is 20.1. The molecule has 0 aliphatic rings. The molecule has 0 aromatic heterocycles. The number of ether oxygens (including phenoxy) is 1. The van der Waals surface area contributed by atoms with Crippen LogP contribution in [0.2, 0.25) is 0 Å². The molecule has 7 nitrogen and oxygen atoms in total. The van der Waals surface area contributed by atoms with Crippen LogP contribution in [-0.2, 0) is 4.74 Å². The molecule has 0 atom stereocenters. The van der Waals surface area contributed by atoms with E-state index in [1.807, 2.05) is 69.2 Å². The summed E-state index contributed by atoms with van der Waals surface area (Å²) >= 11 is 0. The highest BCUT2D eigenvalue weighted by Gasteiger charge is 2.05. The zero-order chi connectivity index (χ0) is 28.7. The third-order valence-corrected chi connectivity index (χ3v) is 6.36. The van der Waals surface area contributed by atoms with Gasteiger partial charge in [-0.05, 0) is 106 Å². The second-order valence-electron chi connectivity index (χ2n) is 9.31. The summed E-state index contributed by atoms with van der Waals surface area (Å²) in [7, 11) is 5.74. The molecule has 3 aromatic carbocycles. The fraction of sp³-hybridized carbons (Fsp3) is 0.419. The summed E-state index contributed by atoms with van der Waals surface area (Å²) in [4.78, 5) is 6.63. The van der Waals surface area contributed by atoms with Gasteiger partial charge in [0.15, 0.2) is 0 Å². The van der Waals surface area contributed by atoms with Gasteiger partial charge in [-0.2, -0.15) is 0 Å². The maximum absolute atomic E-state index is 5.79. The number of aryl methyl sites for hydroxylation is 2. The molecule has 3 aromatic rings. The number of benzene rings is 3. The average Bonchev–Trinajstić information content (AvgIpc) is 2.90. The van der Waals surface area contributed by atoms with E-state index in [1.165, 1.54) is 17.1 Å². The predicted molar refractivity (Wildman–Crippen MR) is 170 cm³/mol. The number of nitrogen functional groups attached to an aromatic ring is 3. The lowest BCUT2D eigenvalue weighted by Crippen LogP contribution is -2.26. The first-order valence-corrected chi connectivity index (χ1v) is 13.3. The summed E-state index contributed by atoms with van der Waals surface area (Å²) in [5, 5.41) is 0. The van der Waals surface area contributed by atoms with Crippen LogP contribution in [0.3, 0.4) is 0 Å². The number of anilines is 6. The van der Waals surface area contributed by atoms with Gasteiger partial charge in [-0.1, -0.05) is 0 Å². The summed E-state index contributed by atoms with van der Waals surface area (Å²) in [6.07, 6.45) is 0. The van der Waals surface area contributed by atoms with Crippen molar-refractivity contribution in [2.75, 3.05) is 85.9 Å². The number of rotatable bonds is 9. The molecule has 0 aliphatic carbocycles. The Morgan fingerprint density at radius 2 is 1.05 bits per heavy atom. The van der Waals surface area contributed by atoms with Gasteiger partial charge >= 0.3 is 0 Å². The van der Waals surface area contributed by atoms with Gasteiger partial charge in [-0.15, -0.1) is 0 Å². The second-order valence-corrected chi connectivity index (χ2v) is 9.31. The van der Waals surface area contributed by atoms with Gasteiger partial charge in [0.05, 0.1) is 6.61 Å². The van der Waals surface area contributed by atoms with Crippen molar-refractivity contribution in [3.63, 3.8) is 0 Å². The summed E-state index contributed by atoms with van der Waals surface area (Å²) in [6.45, 7) is 15.3. The van der Waals surface area contributed by atoms with Crippen molar-refractivity contribution in [1.82, 2.24) is 0 Å². The molecule has 210 valence electrons. The Morgan fingerprint density at radius 1 is 0.632 bits per heavy atom. The van der Waals surface area contributed by atoms with Gasteiger partial charge < -0.3 is 36.6 Å². The molecule has 3 rings (SSSR count). The first-order chi connectivity index (χ1) is 18.1. The minimum Gasteiger partial charge on any atom is -0.399 e. The molecule has 0 amide bonds. The molecule has 0 aliphatic heterocycles. The van der Waals surface area contributed by atoms with Crippen LogP contribution in [0.25, 0.3) is 0 Å². The Bertz CT molecular complexity index is 1060. The second kappa shape index (κ2) is 17.0. The molecule has 0 saturated carbocycles. The minimum atomic E-state index is 0.747. The molecule has 38 heavy (non-hydrogen) atoms. The first kappa shape index (κ1) is 32.4. The number of hydrogen-bond acceptors (Lipinski definition) is 7. The molecular formula is C31H50N6O. The van der Waals surface area contributed by atoms with Gasteiger partial charge in [0.2, 0.25) is 0 Å². The Hall–Kier alpha value is -3.58. The van der Waals surface area contributed by atoms with Crippen LogP contribution in [0.15, 0.2) is 60.7 Å². The Balaban J connectivity index is 0.000000291. The normalized spacial score (nSPS) is 10.0. The quantitative estimate of drug-likeness (QED) is 0.305. The number of nitrogens with zero attached hydrogens (tertiary/aromatic N) is 3. The van der Waals surface area contributed by atoms with E-state index in [4.69, 9.17) is 21.9 Å². The zero-order valence-electron chi connectivity index (χ0n) is 24.8. The smallest absolute Gasteiger partial charge is 0.0637 e. The Kier molecular flexibility index (Phi) is 14.5. The first-order valence-electron chi connectivity index (χ1n) is 13.3. The van der Waals surface area contributed by atoms with Crippen LogP contribution in [0.1, 0.15) is 31.9 Å². The van der Waals surface area contributed by atoms with Crippen molar-refractivity contribution in [2.24, 2.45) is 0 Å². The van der Waals surface area contributed by atoms with Gasteiger partial charge in [-0.25, -0.2) is 0 Å². The lowest BCUT2D eigenvalue weighted by atomic mass is 10.1. The highest BCUT2D eigenvalue weighted by molar-refractivity contribution is 5.59. The number of nitrogens with two attached hydrogens (primary N) is 3. The van der Waals surface area contributed by atoms with Gasteiger partial charge in [-0.3, -0.25) is 0 Å². The van der Waals surface area contributed by atoms with E-state index in [1.54, 1.807) is 7.11 Å². The maximum Gasteiger partial charge on any atom is 0.0637 e. The number of methoxy groups -OCH3 is 1. The lowest BCUT2D eigenvalue weighted by Gasteiger charge is -2.23. The average molecular weight is 523 g/mol. The number of likely N-dealkylation sites (N-methyl/N-ethyl adjacent to an activating group) is 1. The molecule has 6 N–H and O–H groups in total. The molecule has 7 heteroatoms. The molecule has 0 fully saturated rings. The van der Waals surface area contributed by atoms with Crippen LogP contribution >= 0.6 is 0 Å². The zero-order valence-corrected chi connectivity index (χ0v) is 24.8. The van der Waals surface area contributed by atoms with Crippen LogP contribution in [-0.4, -0.2) is 54.0 Å². The SMILES string of the molecule is CCN(CC)c1ccc(N)c(C)c1.CCN(CCOC)c1ccc(N)c(C)c1.CN(C)c1ccc(N)cc1. The molecule has 0 unspecified atom stereocenters. The predicted octanol–water partition coefficient (Wildman–Crippen LogP) is 5.81. The van der Waals surface area contributed by atoms with Crippen molar-refractivity contribution in [1.29, 1.82) is 0 Å². The molecular weight excluding hydrogens is 472 g/mol. The summed E-state index contributed by atoms with van der Waals surface area (Å²) in [5.41, 5.74) is 25.5. The van der Waals surface area contributed by atoms with Crippen molar-refractivity contribution < 1.29 is 4.74 Å². The van der Waals surface area contributed by atoms with Gasteiger partial charge in [0.1, 0.15) is 0 Å². The van der Waals surface area contributed by atoms with E-state index < -0.39 is 0 Å². The largest absolute Gasteiger partial charge is 0.399 e.